The normalized spacial score (nSPS) is 15.8. The standard InChI is InChI=1S/C7H3Cl2N3S/c1-12-6(4(2-10)3-11)5(8)7(9)13-12/h1H3. The van der Waals surface area contributed by atoms with Crippen molar-refractivity contribution in [1.82, 2.24) is 4.31 Å². The highest BCUT2D eigenvalue weighted by atomic mass is 35.5. The molecule has 0 aromatic carbocycles. The zero-order valence-corrected chi connectivity index (χ0v) is 8.83. The summed E-state index contributed by atoms with van der Waals surface area (Å²) in [5.41, 5.74) is 0.345. The number of nitriles is 2. The number of likely N-dealkylation sites (N-methyl/N-ethyl adjacent to an activating group) is 1. The van der Waals surface area contributed by atoms with E-state index in [2.05, 4.69) is 0 Å². The number of rotatable bonds is 0. The van der Waals surface area contributed by atoms with Gasteiger partial charge in [0.15, 0.2) is 5.57 Å². The lowest BCUT2D eigenvalue weighted by atomic mass is 10.2. The number of allylic oxidation sites excluding steroid dienone is 2. The van der Waals surface area contributed by atoms with E-state index in [1.807, 2.05) is 0 Å². The lowest BCUT2D eigenvalue weighted by Gasteiger charge is -2.10. The van der Waals surface area contributed by atoms with E-state index in [1.165, 1.54) is 11.9 Å². The minimum atomic E-state index is -0.0318. The summed E-state index contributed by atoms with van der Waals surface area (Å²) in [5, 5.41) is 17.5. The lowest BCUT2D eigenvalue weighted by Crippen LogP contribution is -2.05. The van der Waals surface area contributed by atoms with Gasteiger partial charge in [0, 0.05) is 19.0 Å². The Labute approximate surface area is 90.0 Å². The molecule has 0 radical (unpaired) electrons. The smallest absolute Gasteiger partial charge is 0.155 e. The quantitative estimate of drug-likeness (QED) is 0.475. The fraction of sp³-hybridized carbons (Fsp3) is 0.143. The molecule has 13 heavy (non-hydrogen) atoms. The van der Waals surface area contributed by atoms with Gasteiger partial charge in [0.2, 0.25) is 0 Å². The van der Waals surface area contributed by atoms with Crippen LogP contribution in [0.4, 0.5) is 0 Å². The van der Waals surface area contributed by atoms with Crippen molar-refractivity contribution < 1.29 is 0 Å². The first-order chi connectivity index (χ1) is 6.11. The number of hydrogen-bond donors (Lipinski definition) is 0. The molecule has 0 atom stereocenters. The van der Waals surface area contributed by atoms with E-state index in [-0.39, 0.29) is 10.6 Å². The van der Waals surface area contributed by atoms with Crippen molar-refractivity contribution in [2.24, 2.45) is 0 Å². The molecule has 6 heteroatoms. The monoisotopic (exact) mass is 231 g/mol. The summed E-state index contributed by atoms with van der Waals surface area (Å²) < 4.78 is 1.97. The maximum atomic E-state index is 8.62. The molecular weight excluding hydrogens is 229 g/mol. The summed E-state index contributed by atoms with van der Waals surface area (Å²) in [4.78, 5) is 0. The van der Waals surface area contributed by atoms with Gasteiger partial charge in [0.25, 0.3) is 0 Å². The second-order valence-electron chi connectivity index (χ2n) is 2.12. The van der Waals surface area contributed by atoms with Crippen LogP contribution in [-0.4, -0.2) is 11.4 Å². The third-order valence-corrected chi connectivity index (χ3v) is 3.17. The molecule has 1 aliphatic heterocycles. The summed E-state index contributed by atoms with van der Waals surface area (Å²) in [6.07, 6.45) is 0. The first kappa shape index (κ1) is 10.3. The Morgan fingerprint density at radius 1 is 1.38 bits per heavy atom. The molecule has 1 aliphatic rings. The van der Waals surface area contributed by atoms with Gasteiger partial charge in [-0.25, -0.2) is 0 Å². The molecule has 1 rings (SSSR count). The Bertz CT molecular complexity index is 370. The molecule has 0 bridgehead atoms. The number of nitrogens with zero attached hydrogens (tertiary/aromatic N) is 3. The summed E-state index contributed by atoms with van der Waals surface area (Å²) in [6, 6.07) is 3.52. The maximum Gasteiger partial charge on any atom is 0.155 e. The van der Waals surface area contributed by atoms with Crippen LogP contribution >= 0.6 is 35.1 Å². The fourth-order valence-corrected chi connectivity index (χ4v) is 2.30. The van der Waals surface area contributed by atoms with E-state index in [0.717, 1.165) is 0 Å². The average Bonchev–Trinajstić information content (AvgIpc) is 2.34. The fourth-order valence-electron chi connectivity index (χ4n) is 0.835. The second-order valence-corrected chi connectivity index (χ2v) is 4.24. The van der Waals surface area contributed by atoms with Crippen LogP contribution in [0, 0.1) is 22.7 Å². The van der Waals surface area contributed by atoms with Crippen LogP contribution in [0.1, 0.15) is 0 Å². The van der Waals surface area contributed by atoms with E-state index < -0.39 is 0 Å². The molecule has 0 saturated carbocycles. The molecule has 1 heterocycles. The molecular formula is C7H3Cl2N3S. The van der Waals surface area contributed by atoms with Gasteiger partial charge in [-0.05, 0) is 0 Å². The molecule has 3 nitrogen and oxygen atoms in total. The zero-order valence-electron chi connectivity index (χ0n) is 6.51. The Kier molecular flexibility index (Phi) is 3.11. The van der Waals surface area contributed by atoms with Gasteiger partial charge >= 0.3 is 0 Å². The van der Waals surface area contributed by atoms with E-state index in [0.29, 0.717) is 10.1 Å². The molecule has 0 unspecified atom stereocenters. The van der Waals surface area contributed by atoms with Crippen molar-refractivity contribution in [2.75, 3.05) is 7.05 Å². The van der Waals surface area contributed by atoms with Crippen molar-refractivity contribution in [3.8, 4) is 12.1 Å². The summed E-state index contributed by atoms with van der Waals surface area (Å²) in [7, 11) is 1.69. The van der Waals surface area contributed by atoms with Crippen molar-refractivity contribution in [1.29, 1.82) is 10.5 Å². The molecule has 0 spiro atoms. The lowest BCUT2D eigenvalue weighted by molar-refractivity contribution is 0.734. The van der Waals surface area contributed by atoms with Crippen LogP contribution in [0.25, 0.3) is 0 Å². The Morgan fingerprint density at radius 3 is 2.23 bits per heavy atom. The van der Waals surface area contributed by atoms with Crippen LogP contribution < -0.4 is 0 Å². The highest BCUT2D eigenvalue weighted by Gasteiger charge is 2.26. The van der Waals surface area contributed by atoms with Crippen LogP contribution in [0.5, 0.6) is 0 Å². The van der Waals surface area contributed by atoms with Crippen LogP contribution in [0.2, 0.25) is 0 Å². The Morgan fingerprint density at radius 2 is 1.92 bits per heavy atom. The van der Waals surface area contributed by atoms with Gasteiger partial charge < -0.3 is 4.31 Å². The van der Waals surface area contributed by atoms with Gasteiger partial charge in [-0.15, -0.1) is 0 Å². The van der Waals surface area contributed by atoms with Gasteiger partial charge in [0.05, 0.1) is 10.7 Å². The number of halogens is 2. The van der Waals surface area contributed by atoms with E-state index >= 15 is 0 Å². The van der Waals surface area contributed by atoms with Crippen molar-refractivity contribution in [2.45, 2.75) is 0 Å². The number of hydrogen-bond acceptors (Lipinski definition) is 4. The van der Waals surface area contributed by atoms with Crippen molar-refractivity contribution in [3.63, 3.8) is 0 Å². The van der Waals surface area contributed by atoms with Crippen molar-refractivity contribution >= 4 is 35.1 Å². The van der Waals surface area contributed by atoms with Gasteiger partial charge in [-0.1, -0.05) is 23.2 Å². The first-order valence-electron chi connectivity index (χ1n) is 3.13. The van der Waals surface area contributed by atoms with E-state index in [4.69, 9.17) is 33.7 Å². The molecule has 0 aromatic rings. The summed E-state index contributed by atoms with van der Waals surface area (Å²) in [6.45, 7) is 0. The first-order valence-corrected chi connectivity index (χ1v) is 4.66. The summed E-state index contributed by atoms with van der Waals surface area (Å²) >= 11 is 12.7. The summed E-state index contributed by atoms with van der Waals surface area (Å²) in [5.74, 6) is 0. The molecule has 0 aliphatic carbocycles. The van der Waals surface area contributed by atoms with Crippen molar-refractivity contribution in [3.05, 3.63) is 20.7 Å². The zero-order chi connectivity index (χ0) is 10.0. The predicted octanol–water partition coefficient (Wildman–Crippen LogP) is 2.53. The van der Waals surface area contributed by atoms with E-state index in [1.54, 1.807) is 23.5 Å². The molecule has 0 aromatic heterocycles. The Balaban J connectivity index is 3.29. The molecule has 66 valence electrons. The Hall–Kier alpha value is -0.810. The highest BCUT2D eigenvalue weighted by molar-refractivity contribution is 8.02. The topological polar surface area (TPSA) is 50.8 Å². The minimum Gasteiger partial charge on any atom is -0.311 e. The maximum absolute atomic E-state index is 8.62. The van der Waals surface area contributed by atoms with Crippen LogP contribution in [0.15, 0.2) is 20.7 Å². The minimum absolute atomic E-state index is 0.0318. The van der Waals surface area contributed by atoms with E-state index in [9.17, 15) is 0 Å². The highest BCUT2D eigenvalue weighted by Crippen LogP contribution is 2.44. The molecule has 0 fully saturated rings. The molecule has 0 saturated heterocycles. The second kappa shape index (κ2) is 3.93. The predicted molar refractivity (Wildman–Crippen MR) is 52.3 cm³/mol. The third-order valence-electron chi connectivity index (χ3n) is 1.37. The van der Waals surface area contributed by atoms with Gasteiger partial charge in [-0.2, -0.15) is 10.5 Å². The van der Waals surface area contributed by atoms with Gasteiger partial charge in [0.1, 0.15) is 16.5 Å². The van der Waals surface area contributed by atoms with Crippen LogP contribution in [-0.2, 0) is 0 Å². The van der Waals surface area contributed by atoms with Gasteiger partial charge in [-0.3, -0.25) is 0 Å². The third kappa shape index (κ3) is 1.76. The SMILES string of the molecule is CN1SC(Cl)=C(Cl)C1=C(C#N)C#N. The molecule has 0 N–H and O–H groups in total. The largest absolute Gasteiger partial charge is 0.311 e. The van der Waals surface area contributed by atoms with Crippen LogP contribution in [0.3, 0.4) is 0 Å². The molecule has 0 amide bonds. The average molecular weight is 232 g/mol.